The summed E-state index contributed by atoms with van der Waals surface area (Å²) in [5.41, 5.74) is 2.65. The summed E-state index contributed by atoms with van der Waals surface area (Å²) in [7, 11) is 0. The van der Waals surface area contributed by atoms with E-state index in [1.165, 1.54) is 0 Å². The number of aryl methyl sites for hydroxylation is 1. The van der Waals surface area contributed by atoms with Crippen LogP contribution in [0.4, 0.5) is 4.39 Å². The van der Waals surface area contributed by atoms with E-state index in [1.54, 1.807) is 19.1 Å². The van der Waals surface area contributed by atoms with Crippen molar-refractivity contribution < 1.29 is 4.39 Å². The second kappa shape index (κ2) is 6.18. The van der Waals surface area contributed by atoms with Crippen LogP contribution < -0.4 is 5.32 Å². The fraction of sp³-hybridized carbons (Fsp3) is 0.250. The largest absolute Gasteiger partial charge is 0.306 e. The zero-order valence-corrected chi connectivity index (χ0v) is 11.8. The van der Waals surface area contributed by atoms with Gasteiger partial charge in [-0.05, 0) is 42.7 Å². The van der Waals surface area contributed by atoms with Gasteiger partial charge in [-0.1, -0.05) is 41.9 Å². The lowest BCUT2D eigenvalue weighted by molar-refractivity contribution is 0.568. The maximum atomic E-state index is 13.4. The number of rotatable bonds is 4. The Balaban J connectivity index is 2.02. The lowest BCUT2D eigenvalue weighted by Gasteiger charge is -2.16. The molecule has 0 heterocycles. The molecule has 0 spiro atoms. The summed E-state index contributed by atoms with van der Waals surface area (Å²) in [6.07, 6.45) is 0. The van der Waals surface area contributed by atoms with Crippen molar-refractivity contribution in [3.63, 3.8) is 0 Å². The van der Waals surface area contributed by atoms with Crippen LogP contribution in [-0.2, 0) is 6.54 Å². The standard InChI is InChI=1S/C16H17ClFN/c1-11-7-8-13(9-16(11)18)10-19-12(2)14-5-3-4-6-15(14)17/h3-9,12,19H,10H2,1-2H3. The topological polar surface area (TPSA) is 12.0 Å². The minimum Gasteiger partial charge on any atom is -0.306 e. The van der Waals surface area contributed by atoms with Crippen molar-refractivity contribution in [3.8, 4) is 0 Å². The van der Waals surface area contributed by atoms with Crippen molar-refractivity contribution in [1.82, 2.24) is 5.32 Å². The van der Waals surface area contributed by atoms with E-state index in [0.29, 0.717) is 12.1 Å². The molecule has 1 nitrogen and oxygen atoms in total. The van der Waals surface area contributed by atoms with Gasteiger partial charge in [0.15, 0.2) is 0 Å². The minimum atomic E-state index is -0.162. The summed E-state index contributed by atoms with van der Waals surface area (Å²) >= 11 is 6.15. The van der Waals surface area contributed by atoms with Crippen LogP contribution in [0.2, 0.25) is 5.02 Å². The van der Waals surface area contributed by atoms with Crippen LogP contribution in [-0.4, -0.2) is 0 Å². The molecule has 1 atom stereocenters. The van der Waals surface area contributed by atoms with Gasteiger partial charge in [0, 0.05) is 17.6 Å². The van der Waals surface area contributed by atoms with Crippen LogP contribution in [0.15, 0.2) is 42.5 Å². The first-order valence-corrected chi connectivity index (χ1v) is 6.68. The number of halogens is 2. The molecule has 3 heteroatoms. The van der Waals surface area contributed by atoms with E-state index in [-0.39, 0.29) is 11.9 Å². The van der Waals surface area contributed by atoms with Crippen molar-refractivity contribution in [3.05, 3.63) is 70.0 Å². The average Bonchev–Trinajstić information content (AvgIpc) is 2.40. The lowest BCUT2D eigenvalue weighted by Crippen LogP contribution is -2.18. The van der Waals surface area contributed by atoms with Crippen LogP contribution in [0.25, 0.3) is 0 Å². The molecular formula is C16H17ClFN. The van der Waals surface area contributed by atoms with E-state index >= 15 is 0 Å². The van der Waals surface area contributed by atoms with Crippen molar-refractivity contribution in [1.29, 1.82) is 0 Å². The summed E-state index contributed by atoms with van der Waals surface area (Å²) in [6.45, 7) is 4.42. The van der Waals surface area contributed by atoms with Crippen LogP contribution >= 0.6 is 11.6 Å². The van der Waals surface area contributed by atoms with Gasteiger partial charge in [-0.2, -0.15) is 0 Å². The quantitative estimate of drug-likeness (QED) is 0.858. The summed E-state index contributed by atoms with van der Waals surface area (Å²) in [4.78, 5) is 0. The molecule has 0 saturated heterocycles. The smallest absolute Gasteiger partial charge is 0.126 e. The Kier molecular flexibility index (Phi) is 4.56. The first kappa shape index (κ1) is 14.0. The van der Waals surface area contributed by atoms with Crippen LogP contribution in [0.3, 0.4) is 0 Å². The van der Waals surface area contributed by atoms with Gasteiger partial charge in [0.25, 0.3) is 0 Å². The summed E-state index contributed by atoms with van der Waals surface area (Å²) < 4.78 is 13.4. The second-order valence-electron chi connectivity index (χ2n) is 4.71. The first-order chi connectivity index (χ1) is 9.08. The van der Waals surface area contributed by atoms with Crippen molar-refractivity contribution in [2.24, 2.45) is 0 Å². The normalized spacial score (nSPS) is 12.4. The maximum Gasteiger partial charge on any atom is 0.126 e. The molecule has 2 aromatic carbocycles. The van der Waals surface area contributed by atoms with E-state index in [1.807, 2.05) is 37.3 Å². The van der Waals surface area contributed by atoms with E-state index in [4.69, 9.17) is 11.6 Å². The Hall–Kier alpha value is -1.38. The molecule has 0 bridgehead atoms. The summed E-state index contributed by atoms with van der Waals surface area (Å²) in [6, 6.07) is 13.2. The average molecular weight is 278 g/mol. The molecule has 0 aliphatic rings. The molecule has 0 radical (unpaired) electrons. The van der Waals surface area contributed by atoms with Crippen LogP contribution in [0, 0.1) is 12.7 Å². The molecule has 0 aromatic heterocycles. The van der Waals surface area contributed by atoms with E-state index < -0.39 is 0 Å². The van der Waals surface area contributed by atoms with Gasteiger partial charge in [-0.25, -0.2) is 4.39 Å². The number of hydrogen-bond acceptors (Lipinski definition) is 1. The predicted octanol–water partition coefficient (Wildman–Crippen LogP) is 4.64. The van der Waals surface area contributed by atoms with Crippen LogP contribution in [0.5, 0.6) is 0 Å². The highest BCUT2D eigenvalue weighted by molar-refractivity contribution is 6.31. The van der Waals surface area contributed by atoms with Gasteiger partial charge in [0.1, 0.15) is 5.82 Å². The van der Waals surface area contributed by atoms with Gasteiger partial charge in [-0.3, -0.25) is 0 Å². The Labute approximate surface area is 118 Å². The Morgan fingerprint density at radius 2 is 1.95 bits per heavy atom. The molecule has 0 fully saturated rings. The molecule has 2 rings (SSSR count). The highest BCUT2D eigenvalue weighted by atomic mass is 35.5. The zero-order chi connectivity index (χ0) is 13.8. The molecule has 0 aliphatic heterocycles. The first-order valence-electron chi connectivity index (χ1n) is 6.31. The maximum absolute atomic E-state index is 13.4. The van der Waals surface area contributed by atoms with Gasteiger partial charge in [-0.15, -0.1) is 0 Å². The zero-order valence-electron chi connectivity index (χ0n) is 11.1. The molecule has 1 unspecified atom stereocenters. The monoisotopic (exact) mass is 277 g/mol. The second-order valence-corrected chi connectivity index (χ2v) is 5.11. The molecule has 0 aliphatic carbocycles. The highest BCUT2D eigenvalue weighted by Crippen LogP contribution is 2.22. The summed E-state index contributed by atoms with van der Waals surface area (Å²) in [5.74, 6) is -0.162. The Morgan fingerprint density at radius 3 is 2.63 bits per heavy atom. The molecule has 2 aromatic rings. The van der Waals surface area contributed by atoms with Gasteiger partial charge >= 0.3 is 0 Å². The molecule has 0 amide bonds. The van der Waals surface area contributed by atoms with Crippen molar-refractivity contribution in [2.45, 2.75) is 26.4 Å². The van der Waals surface area contributed by atoms with E-state index in [2.05, 4.69) is 5.32 Å². The SMILES string of the molecule is Cc1ccc(CNC(C)c2ccccc2Cl)cc1F. The highest BCUT2D eigenvalue weighted by Gasteiger charge is 2.08. The minimum absolute atomic E-state index is 0.123. The van der Waals surface area contributed by atoms with Gasteiger partial charge < -0.3 is 5.32 Å². The van der Waals surface area contributed by atoms with E-state index in [0.717, 1.165) is 16.1 Å². The number of nitrogens with one attached hydrogen (secondary N) is 1. The van der Waals surface area contributed by atoms with Gasteiger partial charge in [0.2, 0.25) is 0 Å². The third kappa shape index (κ3) is 3.55. The molecule has 0 saturated carbocycles. The molecule has 1 N–H and O–H groups in total. The van der Waals surface area contributed by atoms with Gasteiger partial charge in [0.05, 0.1) is 0 Å². The molecule has 100 valence electrons. The molecule has 19 heavy (non-hydrogen) atoms. The van der Waals surface area contributed by atoms with Crippen LogP contribution in [0.1, 0.15) is 29.7 Å². The molecular weight excluding hydrogens is 261 g/mol. The fourth-order valence-electron chi connectivity index (χ4n) is 1.95. The Bertz CT molecular complexity index is 568. The summed E-state index contributed by atoms with van der Waals surface area (Å²) in [5, 5.41) is 4.10. The fourth-order valence-corrected chi connectivity index (χ4v) is 2.25. The van der Waals surface area contributed by atoms with Crippen molar-refractivity contribution >= 4 is 11.6 Å². The lowest BCUT2D eigenvalue weighted by atomic mass is 10.1. The number of hydrogen-bond donors (Lipinski definition) is 1. The number of benzene rings is 2. The third-order valence-electron chi connectivity index (χ3n) is 3.22. The van der Waals surface area contributed by atoms with E-state index in [9.17, 15) is 4.39 Å². The van der Waals surface area contributed by atoms with Crippen molar-refractivity contribution in [2.75, 3.05) is 0 Å². The Morgan fingerprint density at radius 1 is 1.21 bits per heavy atom. The third-order valence-corrected chi connectivity index (χ3v) is 3.56. The predicted molar refractivity (Wildman–Crippen MR) is 77.8 cm³/mol.